The second kappa shape index (κ2) is 8.37. The second-order valence-electron chi connectivity index (χ2n) is 8.07. The van der Waals surface area contributed by atoms with E-state index >= 15 is 0 Å². The van der Waals surface area contributed by atoms with E-state index in [1.54, 1.807) is 0 Å². The van der Waals surface area contributed by atoms with Crippen LogP contribution in [0.2, 0.25) is 0 Å². The molecule has 2 aromatic carbocycles. The van der Waals surface area contributed by atoms with Crippen LogP contribution in [0.4, 0.5) is 5.69 Å². The van der Waals surface area contributed by atoms with Gasteiger partial charge in [0.15, 0.2) is 0 Å². The van der Waals surface area contributed by atoms with Crippen LogP contribution in [0.5, 0.6) is 0 Å². The maximum absolute atomic E-state index is 12.8. The second-order valence-corrected chi connectivity index (χ2v) is 8.07. The van der Waals surface area contributed by atoms with Crippen LogP contribution in [0.25, 0.3) is 11.0 Å². The normalized spacial score (nSPS) is 15.7. The van der Waals surface area contributed by atoms with Crippen molar-refractivity contribution in [3.63, 3.8) is 0 Å². The van der Waals surface area contributed by atoms with Gasteiger partial charge in [-0.1, -0.05) is 30.3 Å². The van der Waals surface area contributed by atoms with Gasteiger partial charge in [0, 0.05) is 18.2 Å². The molecule has 1 aliphatic rings. The minimum atomic E-state index is 0.0789. The van der Waals surface area contributed by atoms with E-state index in [0.717, 1.165) is 67.2 Å². The molecule has 5 heteroatoms. The zero-order chi connectivity index (χ0) is 20.4. The number of hydrogen-bond donors (Lipinski definition) is 1. The van der Waals surface area contributed by atoms with Gasteiger partial charge >= 0.3 is 0 Å². The summed E-state index contributed by atoms with van der Waals surface area (Å²) in [7, 11) is 0. The number of carbonyl (C=O) groups excluding carboxylic acids is 1. The van der Waals surface area contributed by atoms with Gasteiger partial charge in [-0.3, -0.25) is 9.69 Å². The van der Waals surface area contributed by atoms with Gasteiger partial charge in [-0.2, -0.15) is 0 Å². The number of likely N-dealkylation sites (tertiary alicyclic amines) is 1. The fourth-order valence-corrected chi connectivity index (χ4v) is 4.39. The summed E-state index contributed by atoms with van der Waals surface area (Å²) in [4.78, 5) is 20.1. The van der Waals surface area contributed by atoms with Crippen LogP contribution >= 0.6 is 0 Å². The van der Waals surface area contributed by atoms with E-state index < -0.39 is 0 Å². The van der Waals surface area contributed by atoms with Crippen molar-refractivity contribution in [3.05, 3.63) is 59.4 Å². The molecule has 0 aliphatic carbocycles. The Labute approximate surface area is 172 Å². The predicted octanol–water partition coefficient (Wildman–Crippen LogP) is 4.52. The molecule has 4 rings (SSSR count). The number of piperidine rings is 1. The maximum atomic E-state index is 12.8. The Morgan fingerprint density at radius 2 is 1.76 bits per heavy atom. The molecule has 1 fully saturated rings. The number of hydrogen-bond acceptors (Lipinski definition) is 3. The van der Waals surface area contributed by atoms with Gasteiger partial charge in [-0.05, 0) is 70.0 Å². The lowest BCUT2D eigenvalue weighted by Gasteiger charge is -2.31. The van der Waals surface area contributed by atoms with E-state index in [1.807, 2.05) is 38.1 Å². The van der Waals surface area contributed by atoms with Gasteiger partial charge in [0.1, 0.15) is 5.82 Å². The first-order valence-electron chi connectivity index (χ1n) is 10.6. The van der Waals surface area contributed by atoms with Gasteiger partial charge in [0.05, 0.1) is 17.6 Å². The van der Waals surface area contributed by atoms with Crippen molar-refractivity contribution in [2.24, 2.45) is 5.92 Å². The van der Waals surface area contributed by atoms with Gasteiger partial charge < -0.3 is 9.88 Å². The summed E-state index contributed by atoms with van der Waals surface area (Å²) in [5, 5.41) is 3.17. The quantitative estimate of drug-likeness (QED) is 0.697. The smallest absolute Gasteiger partial charge is 0.227 e. The molecule has 2 heterocycles. The summed E-state index contributed by atoms with van der Waals surface area (Å²) >= 11 is 0. The number of amides is 1. The Morgan fingerprint density at radius 1 is 1.07 bits per heavy atom. The summed E-state index contributed by atoms with van der Waals surface area (Å²) in [6.45, 7) is 9.88. The van der Waals surface area contributed by atoms with E-state index in [0.29, 0.717) is 0 Å². The third kappa shape index (κ3) is 4.06. The summed E-state index contributed by atoms with van der Waals surface area (Å²) in [6.07, 6.45) is 1.78. The molecule has 1 aliphatic heterocycles. The van der Waals surface area contributed by atoms with Gasteiger partial charge in [0.2, 0.25) is 5.91 Å². The molecule has 1 amide bonds. The van der Waals surface area contributed by atoms with E-state index in [-0.39, 0.29) is 11.8 Å². The lowest BCUT2D eigenvalue weighted by molar-refractivity contribution is -0.121. The van der Waals surface area contributed by atoms with Crippen molar-refractivity contribution in [2.75, 3.05) is 18.4 Å². The van der Waals surface area contributed by atoms with Crippen molar-refractivity contribution < 1.29 is 4.79 Å². The van der Waals surface area contributed by atoms with E-state index in [2.05, 4.69) is 39.9 Å². The Hall–Kier alpha value is -2.66. The number of nitrogens with zero attached hydrogens (tertiary/aromatic N) is 3. The number of fused-ring (bicyclic) bond motifs is 1. The number of anilines is 1. The van der Waals surface area contributed by atoms with Crippen LogP contribution in [0.15, 0.2) is 42.5 Å². The largest absolute Gasteiger partial charge is 0.327 e. The molecule has 0 radical (unpaired) electrons. The zero-order valence-corrected chi connectivity index (χ0v) is 17.6. The highest BCUT2D eigenvalue weighted by atomic mass is 16.1. The van der Waals surface area contributed by atoms with Crippen molar-refractivity contribution in [1.29, 1.82) is 0 Å². The monoisotopic (exact) mass is 390 g/mol. The van der Waals surface area contributed by atoms with Gasteiger partial charge in [-0.25, -0.2) is 4.98 Å². The maximum Gasteiger partial charge on any atom is 0.227 e. The predicted molar refractivity (Wildman–Crippen MR) is 118 cm³/mol. The van der Waals surface area contributed by atoms with Crippen molar-refractivity contribution in [2.45, 2.75) is 46.7 Å². The fraction of sp³-hybridized carbons (Fsp3) is 0.417. The first kappa shape index (κ1) is 19.6. The standard InChI is InChI=1S/C24H30N4O/c1-4-28-21-11-6-5-10-20(21)25-22(28)16-27-14-12-19(13-15-27)24(29)26-23-17(2)8-7-9-18(23)3/h5-11,19H,4,12-16H2,1-3H3,(H,26,29). The third-order valence-electron chi connectivity index (χ3n) is 6.10. The molecule has 0 unspecified atom stereocenters. The molecule has 0 atom stereocenters. The van der Waals surface area contributed by atoms with E-state index in [4.69, 9.17) is 4.98 Å². The number of nitrogens with one attached hydrogen (secondary N) is 1. The van der Waals surface area contributed by atoms with Crippen LogP contribution in [0.1, 0.15) is 36.7 Å². The van der Waals surface area contributed by atoms with Crippen LogP contribution in [-0.2, 0) is 17.9 Å². The molecule has 0 bridgehead atoms. The number of benzene rings is 2. The average Bonchev–Trinajstić information content (AvgIpc) is 3.08. The number of aryl methyl sites for hydroxylation is 3. The molecule has 0 saturated carbocycles. The molecule has 1 N–H and O–H groups in total. The summed E-state index contributed by atoms with van der Waals surface area (Å²) < 4.78 is 2.30. The van der Waals surface area contributed by atoms with Crippen LogP contribution in [0.3, 0.4) is 0 Å². The number of rotatable bonds is 5. The molecule has 5 nitrogen and oxygen atoms in total. The number of para-hydroxylation sites is 3. The summed E-state index contributed by atoms with van der Waals surface area (Å²) in [6, 6.07) is 14.5. The molecule has 3 aromatic rings. The average molecular weight is 391 g/mol. The van der Waals surface area contributed by atoms with Crippen LogP contribution < -0.4 is 5.32 Å². The van der Waals surface area contributed by atoms with E-state index in [9.17, 15) is 4.79 Å². The minimum absolute atomic E-state index is 0.0789. The number of aromatic nitrogens is 2. The summed E-state index contributed by atoms with van der Waals surface area (Å²) in [5.74, 6) is 1.35. The molecule has 152 valence electrons. The van der Waals surface area contributed by atoms with E-state index in [1.165, 1.54) is 5.52 Å². The lowest BCUT2D eigenvalue weighted by Crippen LogP contribution is -2.38. The molecule has 1 aromatic heterocycles. The first-order chi connectivity index (χ1) is 14.1. The Bertz CT molecular complexity index is 995. The minimum Gasteiger partial charge on any atom is -0.327 e. The van der Waals surface area contributed by atoms with Crippen LogP contribution in [-0.4, -0.2) is 33.4 Å². The number of carbonyl (C=O) groups is 1. The highest BCUT2D eigenvalue weighted by Crippen LogP contribution is 2.25. The highest BCUT2D eigenvalue weighted by molar-refractivity contribution is 5.94. The lowest BCUT2D eigenvalue weighted by atomic mass is 9.95. The van der Waals surface area contributed by atoms with Crippen molar-refractivity contribution in [1.82, 2.24) is 14.5 Å². The Kier molecular flexibility index (Phi) is 5.67. The molecule has 0 spiro atoms. The Balaban J connectivity index is 1.38. The number of imidazole rings is 1. The summed E-state index contributed by atoms with van der Waals surface area (Å²) in [5.41, 5.74) is 5.47. The zero-order valence-electron chi connectivity index (χ0n) is 17.6. The molecule has 1 saturated heterocycles. The highest BCUT2D eigenvalue weighted by Gasteiger charge is 2.26. The SMILES string of the molecule is CCn1c(CN2CCC(C(=O)Nc3c(C)cccc3C)CC2)nc2ccccc21. The molecule has 29 heavy (non-hydrogen) atoms. The van der Waals surface area contributed by atoms with Crippen molar-refractivity contribution in [3.8, 4) is 0 Å². The molecular formula is C24H30N4O. The Morgan fingerprint density at radius 3 is 2.45 bits per heavy atom. The molecular weight excluding hydrogens is 360 g/mol. The topological polar surface area (TPSA) is 50.2 Å². The fourth-order valence-electron chi connectivity index (χ4n) is 4.39. The van der Waals surface area contributed by atoms with Crippen molar-refractivity contribution >= 4 is 22.6 Å². The van der Waals surface area contributed by atoms with Gasteiger partial charge in [-0.15, -0.1) is 0 Å². The van der Waals surface area contributed by atoms with Crippen LogP contribution in [0, 0.1) is 19.8 Å². The third-order valence-corrected chi connectivity index (χ3v) is 6.10. The van der Waals surface area contributed by atoms with Gasteiger partial charge in [0.25, 0.3) is 0 Å². The first-order valence-corrected chi connectivity index (χ1v) is 10.6.